The van der Waals surface area contributed by atoms with E-state index < -0.39 is 17.3 Å². The first kappa shape index (κ1) is 17.2. The van der Waals surface area contributed by atoms with Gasteiger partial charge >= 0.3 is 5.97 Å². The van der Waals surface area contributed by atoms with Gasteiger partial charge in [-0.1, -0.05) is 36.4 Å². The molecule has 5 nitrogen and oxygen atoms in total. The van der Waals surface area contributed by atoms with Gasteiger partial charge in [-0.25, -0.2) is 0 Å². The van der Waals surface area contributed by atoms with Gasteiger partial charge in [0.1, 0.15) is 5.41 Å². The van der Waals surface area contributed by atoms with Gasteiger partial charge in [-0.3, -0.25) is 9.59 Å². The van der Waals surface area contributed by atoms with Gasteiger partial charge in [-0.2, -0.15) is 0 Å². The van der Waals surface area contributed by atoms with E-state index in [1.165, 1.54) is 0 Å². The minimum absolute atomic E-state index is 0.259. The van der Waals surface area contributed by atoms with Crippen LogP contribution in [0, 0.1) is 5.41 Å². The lowest BCUT2D eigenvalue weighted by Gasteiger charge is -2.29. The Morgan fingerprint density at radius 3 is 2.61 bits per heavy atom. The molecule has 124 valence electrons. The summed E-state index contributed by atoms with van der Waals surface area (Å²) in [4.78, 5) is 26.1. The number of allylic oxidation sites excluding steroid dienone is 2. The van der Waals surface area contributed by atoms with Gasteiger partial charge in [0.2, 0.25) is 5.91 Å². The van der Waals surface area contributed by atoms with Crippen LogP contribution in [-0.4, -0.2) is 36.0 Å². The van der Waals surface area contributed by atoms with Crippen molar-refractivity contribution in [2.24, 2.45) is 5.41 Å². The highest BCUT2D eigenvalue weighted by molar-refractivity contribution is 6.02. The van der Waals surface area contributed by atoms with Gasteiger partial charge < -0.3 is 15.3 Å². The number of rotatable bonds is 6. The Labute approximate surface area is 137 Å². The highest BCUT2D eigenvalue weighted by Crippen LogP contribution is 2.33. The summed E-state index contributed by atoms with van der Waals surface area (Å²) in [6.45, 7) is 1.17. The summed E-state index contributed by atoms with van der Waals surface area (Å²) in [5.41, 5.74) is 0.815. The number of nitrogens with one attached hydrogen (secondary N) is 1. The van der Waals surface area contributed by atoms with Gasteiger partial charge in [0.15, 0.2) is 0 Å². The lowest BCUT2D eigenvalue weighted by Crippen LogP contribution is -2.46. The van der Waals surface area contributed by atoms with Crippen LogP contribution in [0.4, 0.5) is 0 Å². The molecule has 1 amide bonds. The van der Waals surface area contributed by atoms with E-state index in [-0.39, 0.29) is 6.42 Å². The van der Waals surface area contributed by atoms with E-state index in [1.807, 2.05) is 44.4 Å². The van der Waals surface area contributed by atoms with Crippen molar-refractivity contribution < 1.29 is 14.7 Å². The average Bonchev–Trinajstić information content (AvgIpc) is 2.52. The topological polar surface area (TPSA) is 69.6 Å². The molecule has 1 aliphatic carbocycles. The van der Waals surface area contributed by atoms with Crippen LogP contribution in [0.25, 0.3) is 0 Å². The Balaban J connectivity index is 2.03. The summed E-state index contributed by atoms with van der Waals surface area (Å²) in [6, 6.07) is 7.97. The van der Waals surface area contributed by atoms with Gasteiger partial charge in [0.25, 0.3) is 0 Å². The maximum absolute atomic E-state index is 12.5. The molecule has 0 heterocycles. The van der Waals surface area contributed by atoms with E-state index in [0.717, 1.165) is 17.7 Å². The van der Waals surface area contributed by atoms with E-state index in [4.69, 9.17) is 0 Å². The van der Waals surface area contributed by atoms with E-state index in [2.05, 4.69) is 10.2 Å². The van der Waals surface area contributed by atoms with Crippen molar-refractivity contribution in [2.75, 3.05) is 14.1 Å². The van der Waals surface area contributed by atoms with Crippen LogP contribution >= 0.6 is 0 Å². The van der Waals surface area contributed by atoms with E-state index in [0.29, 0.717) is 19.4 Å². The van der Waals surface area contributed by atoms with Crippen molar-refractivity contribution in [1.29, 1.82) is 0 Å². The molecule has 1 aromatic carbocycles. The minimum Gasteiger partial charge on any atom is -0.480 e. The third kappa shape index (κ3) is 4.20. The molecule has 0 fully saturated rings. The standard InChI is InChI=1S/C18H24N2O3/c1-20(2)13-15-8-6-7-14(11-15)12-19-16(21)18(17(22)23)9-4-3-5-10-18/h3-4,6-8,11H,5,9-10,12-13H2,1-2H3,(H,19,21)(H,22,23). The Morgan fingerprint density at radius 1 is 1.26 bits per heavy atom. The molecule has 0 spiro atoms. The van der Waals surface area contributed by atoms with Crippen molar-refractivity contribution in [3.63, 3.8) is 0 Å². The highest BCUT2D eigenvalue weighted by atomic mass is 16.4. The molecular weight excluding hydrogens is 292 g/mol. The third-order valence-corrected chi connectivity index (χ3v) is 4.16. The molecule has 1 aromatic rings. The maximum Gasteiger partial charge on any atom is 0.319 e. The van der Waals surface area contributed by atoms with Gasteiger partial charge in [0.05, 0.1) is 0 Å². The minimum atomic E-state index is -1.32. The van der Waals surface area contributed by atoms with Gasteiger partial charge in [0, 0.05) is 13.1 Å². The monoisotopic (exact) mass is 316 g/mol. The lowest BCUT2D eigenvalue weighted by atomic mass is 9.76. The first-order chi connectivity index (χ1) is 10.9. The summed E-state index contributed by atoms with van der Waals surface area (Å²) in [5, 5.41) is 12.3. The van der Waals surface area contributed by atoms with Gasteiger partial charge in [-0.15, -0.1) is 0 Å². The number of hydrogen-bond donors (Lipinski definition) is 2. The zero-order valence-corrected chi connectivity index (χ0v) is 13.7. The van der Waals surface area contributed by atoms with Gasteiger partial charge in [-0.05, 0) is 44.5 Å². The fourth-order valence-corrected chi connectivity index (χ4v) is 2.89. The van der Waals surface area contributed by atoms with Crippen LogP contribution in [0.15, 0.2) is 36.4 Å². The number of carbonyl (C=O) groups is 2. The normalized spacial score (nSPS) is 20.5. The summed E-state index contributed by atoms with van der Waals surface area (Å²) >= 11 is 0. The molecule has 5 heteroatoms. The smallest absolute Gasteiger partial charge is 0.319 e. The molecule has 2 N–H and O–H groups in total. The zero-order chi connectivity index (χ0) is 16.9. The number of hydrogen-bond acceptors (Lipinski definition) is 3. The number of amides is 1. The van der Waals surface area contributed by atoms with Crippen LogP contribution < -0.4 is 5.32 Å². The van der Waals surface area contributed by atoms with Crippen molar-refractivity contribution >= 4 is 11.9 Å². The quantitative estimate of drug-likeness (QED) is 0.623. The molecule has 1 unspecified atom stereocenters. The van der Waals surface area contributed by atoms with Crippen molar-refractivity contribution in [1.82, 2.24) is 10.2 Å². The molecule has 0 aromatic heterocycles. The second kappa shape index (κ2) is 7.42. The average molecular weight is 316 g/mol. The predicted molar refractivity (Wildman–Crippen MR) is 88.7 cm³/mol. The fraction of sp³-hybridized carbons (Fsp3) is 0.444. The molecule has 2 rings (SSSR count). The summed E-state index contributed by atoms with van der Waals surface area (Å²) in [6.07, 6.45) is 4.95. The summed E-state index contributed by atoms with van der Waals surface area (Å²) in [5.74, 6) is -1.44. The lowest BCUT2D eigenvalue weighted by molar-refractivity contribution is -0.156. The number of benzene rings is 1. The van der Waals surface area contributed by atoms with Crippen molar-refractivity contribution in [3.8, 4) is 0 Å². The molecule has 23 heavy (non-hydrogen) atoms. The number of carbonyl (C=O) groups excluding carboxylic acids is 1. The highest BCUT2D eigenvalue weighted by Gasteiger charge is 2.45. The number of nitrogens with zero attached hydrogens (tertiary/aromatic N) is 1. The van der Waals surface area contributed by atoms with Crippen LogP contribution in [0.2, 0.25) is 0 Å². The van der Waals surface area contributed by atoms with E-state index >= 15 is 0 Å². The first-order valence-electron chi connectivity index (χ1n) is 7.83. The molecule has 0 bridgehead atoms. The fourth-order valence-electron chi connectivity index (χ4n) is 2.89. The van der Waals surface area contributed by atoms with E-state index in [1.54, 1.807) is 6.08 Å². The third-order valence-electron chi connectivity index (χ3n) is 4.16. The first-order valence-corrected chi connectivity index (χ1v) is 7.83. The molecule has 1 atom stereocenters. The Bertz CT molecular complexity index is 610. The number of aliphatic carboxylic acids is 1. The molecule has 1 aliphatic rings. The van der Waals surface area contributed by atoms with Crippen LogP contribution in [0.3, 0.4) is 0 Å². The molecule has 0 radical (unpaired) electrons. The SMILES string of the molecule is CN(C)Cc1cccc(CNC(=O)C2(C(=O)O)CC=CCC2)c1. The summed E-state index contributed by atoms with van der Waals surface area (Å²) in [7, 11) is 4.00. The second-order valence-electron chi connectivity index (χ2n) is 6.34. The van der Waals surface area contributed by atoms with E-state index in [9.17, 15) is 14.7 Å². The van der Waals surface area contributed by atoms with Crippen molar-refractivity contribution in [3.05, 3.63) is 47.5 Å². The molecule has 0 saturated carbocycles. The molecule has 0 aliphatic heterocycles. The Morgan fingerprint density at radius 2 is 2.00 bits per heavy atom. The van der Waals surface area contributed by atoms with Crippen LogP contribution in [0.1, 0.15) is 30.4 Å². The zero-order valence-electron chi connectivity index (χ0n) is 13.7. The second-order valence-corrected chi connectivity index (χ2v) is 6.34. The van der Waals surface area contributed by atoms with Crippen molar-refractivity contribution in [2.45, 2.75) is 32.4 Å². The predicted octanol–water partition coefficient (Wildman–Crippen LogP) is 2.18. The molecular formula is C18H24N2O3. The summed E-state index contributed by atoms with van der Waals surface area (Å²) < 4.78 is 0. The van der Waals surface area contributed by atoms with Crippen LogP contribution in [-0.2, 0) is 22.7 Å². The maximum atomic E-state index is 12.5. The number of carboxylic acids is 1. The number of carboxylic acid groups (broad SMARTS) is 1. The largest absolute Gasteiger partial charge is 0.480 e. The molecule has 0 saturated heterocycles. The Hall–Kier alpha value is -2.14. The van der Waals surface area contributed by atoms with Crippen LogP contribution in [0.5, 0.6) is 0 Å². The Kier molecular flexibility index (Phi) is 5.55.